The molecule has 1 N–H and O–H groups in total. The monoisotopic (exact) mass is 346 g/mol. The zero-order chi connectivity index (χ0) is 19.1. The van der Waals surface area contributed by atoms with E-state index in [1.54, 1.807) is 6.92 Å². The van der Waals surface area contributed by atoms with Crippen molar-refractivity contribution in [1.82, 2.24) is 5.32 Å². The van der Waals surface area contributed by atoms with Gasteiger partial charge in [0, 0.05) is 26.4 Å². The third-order valence-electron chi connectivity index (χ3n) is 4.24. The Bertz CT molecular complexity index is 565. The Morgan fingerprint density at radius 2 is 1.52 bits per heavy atom. The molecule has 0 fully saturated rings. The van der Waals surface area contributed by atoms with E-state index in [1.165, 1.54) is 11.1 Å². The normalized spacial score (nSPS) is 11.3. The lowest BCUT2D eigenvalue weighted by molar-refractivity contribution is -0.122. The van der Waals surface area contributed by atoms with Crippen molar-refractivity contribution in [3.05, 3.63) is 29.3 Å². The molecule has 1 rings (SSSR count). The SMILES string of the molecule is CC(=O)N(CCNC(=O)CC(C)C)c1c(C(C)C)cccc1C(C)C. The van der Waals surface area contributed by atoms with E-state index in [2.05, 4.69) is 51.2 Å². The Kier molecular flexibility index (Phi) is 8.14. The highest BCUT2D eigenvalue weighted by Crippen LogP contribution is 2.35. The fraction of sp³-hybridized carbons (Fsp3) is 0.619. The van der Waals surface area contributed by atoms with E-state index < -0.39 is 0 Å². The lowest BCUT2D eigenvalue weighted by atomic mass is 9.92. The van der Waals surface area contributed by atoms with Crippen molar-refractivity contribution in [1.29, 1.82) is 0 Å². The zero-order valence-electron chi connectivity index (χ0n) is 16.8. The molecule has 0 aliphatic rings. The highest BCUT2D eigenvalue weighted by atomic mass is 16.2. The first-order chi connectivity index (χ1) is 11.6. The molecule has 25 heavy (non-hydrogen) atoms. The lowest BCUT2D eigenvalue weighted by Gasteiger charge is -2.29. The second-order valence-electron chi connectivity index (χ2n) is 7.71. The summed E-state index contributed by atoms with van der Waals surface area (Å²) in [5.74, 6) is 1.03. The molecule has 1 aromatic carbocycles. The number of nitrogens with zero attached hydrogens (tertiary/aromatic N) is 1. The lowest BCUT2D eigenvalue weighted by Crippen LogP contribution is -2.39. The van der Waals surface area contributed by atoms with Crippen LogP contribution in [0.2, 0.25) is 0 Å². The van der Waals surface area contributed by atoms with Crippen LogP contribution in [0.25, 0.3) is 0 Å². The number of hydrogen-bond acceptors (Lipinski definition) is 2. The number of hydrogen-bond donors (Lipinski definition) is 1. The number of benzene rings is 1. The number of carbonyl (C=O) groups is 2. The molecule has 0 atom stereocenters. The summed E-state index contributed by atoms with van der Waals surface area (Å²) in [4.78, 5) is 26.1. The van der Waals surface area contributed by atoms with Gasteiger partial charge >= 0.3 is 0 Å². The minimum absolute atomic E-state index is 0.00751. The minimum atomic E-state index is 0.00751. The maximum Gasteiger partial charge on any atom is 0.223 e. The van der Waals surface area contributed by atoms with Crippen molar-refractivity contribution >= 4 is 17.5 Å². The fourth-order valence-corrected chi connectivity index (χ4v) is 3.00. The Hall–Kier alpha value is -1.84. The van der Waals surface area contributed by atoms with Gasteiger partial charge in [0.1, 0.15) is 0 Å². The standard InChI is InChI=1S/C21H34N2O2/c1-14(2)13-20(25)22-11-12-23(17(7)24)21-18(15(3)4)9-8-10-19(21)16(5)6/h8-10,14-16H,11-13H2,1-7H3,(H,22,25). The quantitative estimate of drug-likeness (QED) is 0.756. The van der Waals surface area contributed by atoms with Crippen LogP contribution < -0.4 is 10.2 Å². The second-order valence-corrected chi connectivity index (χ2v) is 7.71. The maximum absolute atomic E-state index is 12.4. The van der Waals surface area contributed by atoms with Crippen LogP contribution >= 0.6 is 0 Å². The molecule has 0 saturated carbocycles. The van der Waals surface area contributed by atoms with Gasteiger partial charge in [0.15, 0.2) is 0 Å². The third kappa shape index (κ3) is 6.18. The highest BCUT2D eigenvalue weighted by Gasteiger charge is 2.22. The molecule has 140 valence electrons. The van der Waals surface area contributed by atoms with Crippen molar-refractivity contribution < 1.29 is 9.59 Å². The molecule has 0 aliphatic carbocycles. The number of carbonyl (C=O) groups excluding carboxylic acids is 2. The van der Waals surface area contributed by atoms with Crippen LogP contribution in [0.15, 0.2) is 18.2 Å². The summed E-state index contributed by atoms with van der Waals surface area (Å²) in [6.45, 7) is 15.2. The molecule has 4 heteroatoms. The van der Waals surface area contributed by atoms with Gasteiger partial charge in [-0.15, -0.1) is 0 Å². The maximum atomic E-state index is 12.4. The molecule has 4 nitrogen and oxygen atoms in total. The average Bonchev–Trinajstić information content (AvgIpc) is 2.49. The molecular weight excluding hydrogens is 312 g/mol. The van der Waals surface area contributed by atoms with Gasteiger partial charge < -0.3 is 10.2 Å². The number of nitrogens with one attached hydrogen (secondary N) is 1. The van der Waals surface area contributed by atoms with Crippen LogP contribution in [-0.4, -0.2) is 24.9 Å². The van der Waals surface area contributed by atoms with Crippen molar-refractivity contribution in [2.75, 3.05) is 18.0 Å². The average molecular weight is 347 g/mol. The van der Waals surface area contributed by atoms with Crippen LogP contribution in [0, 0.1) is 5.92 Å². The molecular formula is C21H34N2O2. The Morgan fingerprint density at radius 3 is 1.92 bits per heavy atom. The fourth-order valence-electron chi connectivity index (χ4n) is 3.00. The summed E-state index contributed by atoms with van der Waals surface area (Å²) < 4.78 is 0. The molecule has 0 unspecified atom stereocenters. The molecule has 0 radical (unpaired) electrons. The van der Waals surface area contributed by atoms with Crippen LogP contribution in [0.1, 0.15) is 77.8 Å². The van der Waals surface area contributed by atoms with E-state index >= 15 is 0 Å². The van der Waals surface area contributed by atoms with Crippen molar-refractivity contribution in [3.63, 3.8) is 0 Å². The van der Waals surface area contributed by atoms with Gasteiger partial charge in [-0.1, -0.05) is 59.7 Å². The van der Waals surface area contributed by atoms with E-state index in [-0.39, 0.29) is 11.8 Å². The van der Waals surface area contributed by atoms with Crippen LogP contribution in [0.4, 0.5) is 5.69 Å². The molecule has 1 aromatic rings. The summed E-state index contributed by atoms with van der Waals surface area (Å²) >= 11 is 0. The smallest absolute Gasteiger partial charge is 0.223 e. The van der Waals surface area contributed by atoms with Gasteiger partial charge in [0.2, 0.25) is 11.8 Å². The first-order valence-electron chi connectivity index (χ1n) is 9.32. The first-order valence-corrected chi connectivity index (χ1v) is 9.32. The van der Waals surface area contributed by atoms with Crippen molar-refractivity contribution in [3.8, 4) is 0 Å². The molecule has 0 spiro atoms. The molecule has 0 bridgehead atoms. The summed E-state index contributed by atoms with van der Waals surface area (Å²) in [6, 6.07) is 6.26. The van der Waals surface area contributed by atoms with Gasteiger partial charge in [0.25, 0.3) is 0 Å². The molecule has 0 saturated heterocycles. The first kappa shape index (κ1) is 21.2. The number of amides is 2. The van der Waals surface area contributed by atoms with Gasteiger partial charge in [0.05, 0.1) is 5.69 Å². The third-order valence-corrected chi connectivity index (χ3v) is 4.24. The Balaban J connectivity index is 3.06. The Morgan fingerprint density at radius 1 is 1.00 bits per heavy atom. The van der Waals surface area contributed by atoms with Crippen molar-refractivity contribution in [2.45, 2.75) is 66.7 Å². The van der Waals surface area contributed by atoms with Gasteiger partial charge in [-0.05, 0) is 28.9 Å². The predicted octanol–water partition coefficient (Wildman–Crippen LogP) is 4.45. The molecule has 0 aromatic heterocycles. The molecule has 0 heterocycles. The number of para-hydroxylation sites is 1. The van der Waals surface area contributed by atoms with Gasteiger partial charge in [-0.3, -0.25) is 9.59 Å². The second kappa shape index (κ2) is 9.59. The zero-order valence-corrected chi connectivity index (χ0v) is 16.8. The van der Waals surface area contributed by atoms with E-state index in [0.29, 0.717) is 37.3 Å². The van der Waals surface area contributed by atoms with E-state index in [1.807, 2.05) is 18.7 Å². The van der Waals surface area contributed by atoms with Crippen LogP contribution in [0.3, 0.4) is 0 Å². The largest absolute Gasteiger partial charge is 0.354 e. The van der Waals surface area contributed by atoms with Gasteiger partial charge in [-0.25, -0.2) is 0 Å². The molecule has 2 amide bonds. The van der Waals surface area contributed by atoms with Crippen LogP contribution in [0.5, 0.6) is 0 Å². The van der Waals surface area contributed by atoms with Crippen molar-refractivity contribution in [2.24, 2.45) is 5.92 Å². The predicted molar refractivity (Wildman–Crippen MR) is 105 cm³/mol. The summed E-state index contributed by atoms with van der Waals surface area (Å²) in [5, 5.41) is 2.93. The van der Waals surface area contributed by atoms with Gasteiger partial charge in [-0.2, -0.15) is 0 Å². The minimum Gasteiger partial charge on any atom is -0.354 e. The summed E-state index contributed by atoms with van der Waals surface area (Å²) in [7, 11) is 0. The van der Waals surface area contributed by atoms with E-state index in [0.717, 1.165) is 5.69 Å². The number of rotatable bonds is 8. The highest BCUT2D eigenvalue weighted by molar-refractivity contribution is 5.93. The van der Waals surface area contributed by atoms with Crippen LogP contribution in [-0.2, 0) is 9.59 Å². The summed E-state index contributed by atoms with van der Waals surface area (Å²) in [6.07, 6.45) is 0.514. The Labute approximate surface area is 153 Å². The van der Waals surface area contributed by atoms with E-state index in [9.17, 15) is 9.59 Å². The summed E-state index contributed by atoms with van der Waals surface area (Å²) in [5.41, 5.74) is 3.36. The topological polar surface area (TPSA) is 49.4 Å². The van der Waals surface area contributed by atoms with E-state index in [4.69, 9.17) is 0 Å². The molecule has 0 aliphatic heterocycles. The number of anilines is 1.